The first-order valence-electron chi connectivity index (χ1n) is 7.21. The topological polar surface area (TPSA) is 71.5 Å². The molecule has 0 bridgehead atoms. The third kappa shape index (κ3) is 4.01. The van der Waals surface area contributed by atoms with Crippen LogP contribution < -0.4 is 4.72 Å². The number of nitrogens with zero attached hydrogens (tertiary/aromatic N) is 2. The first-order valence-corrected chi connectivity index (χ1v) is 9.98. The van der Waals surface area contributed by atoms with Gasteiger partial charge in [0, 0.05) is 31.3 Å². The zero-order valence-corrected chi connectivity index (χ0v) is 13.7. The zero-order chi connectivity index (χ0) is 14.9. The van der Waals surface area contributed by atoms with Gasteiger partial charge >= 0.3 is 0 Å². The average molecular weight is 331 g/mol. The Morgan fingerprint density at radius 2 is 2.38 bits per heavy atom. The molecule has 1 N–H and O–H groups in total. The molecule has 2 fully saturated rings. The van der Waals surface area contributed by atoms with Crippen LogP contribution in [0.25, 0.3) is 0 Å². The van der Waals surface area contributed by atoms with Crippen molar-refractivity contribution in [2.24, 2.45) is 5.92 Å². The number of ether oxygens (including phenoxy) is 1. The fraction of sp³-hybridized carbons (Fsp3) is 0.769. The third-order valence-electron chi connectivity index (χ3n) is 4.05. The van der Waals surface area contributed by atoms with Gasteiger partial charge in [-0.2, -0.15) is 0 Å². The van der Waals surface area contributed by atoms with Crippen LogP contribution in [0.5, 0.6) is 0 Å². The van der Waals surface area contributed by atoms with Gasteiger partial charge in [0.2, 0.25) is 10.0 Å². The molecule has 0 aromatic carbocycles. The van der Waals surface area contributed by atoms with Crippen LogP contribution in [-0.2, 0) is 21.3 Å². The lowest BCUT2D eigenvalue weighted by Crippen LogP contribution is -2.60. The molecular formula is C13H21N3O3S2. The van der Waals surface area contributed by atoms with Crippen LogP contribution in [0.1, 0.15) is 17.8 Å². The van der Waals surface area contributed by atoms with Gasteiger partial charge in [0.25, 0.3) is 0 Å². The normalized spacial score (nSPS) is 31.0. The van der Waals surface area contributed by atoms with E-state index in [4.69, 9.17) is 4.74 Å². The number of hydrogen-bond acceptors (Lipinski definition) is 6. The van der Waals surface area contributed by atoms with Gasteiger partial charge in [-0.3, -0.25) is 4.90 Å². The number of aromatic nitrogens is 1. The Hall–Kier alpha value is -0.540. The van der Waals surface area contributed by atoms with Crippen LogP contribution in [0.4, 0.5) is 0 Å². The Balaban J connectivity index is 1.73. The van der Waals surface area contributed by atoms with Crippen LogP contribution in [0, 0.1) is 5.92 Å². The molecule has 1 aromatic heterocycles. The van der Waals surface area contributed by atoms with Crippen molar-refractivity contribution in [2.75, 3.05) is 26.0 Å². The first kappa shape index (κ1) is 15.4. The highest BCUT2D eigenvalue weighted by Crippen LogP contribution is 2.29. The Bertz CT molecular complexity index is 561. The van der Waals surface area contributed by atoms with Crippen molar-refractivity contribution in [3.63, 3.8) is 0 Å². The predicted octanol–water partition coefficient (Wildman–Crippen LogP) is 0.672. The molecule has 3 heterocycles. The van der Waals surface area contributed by atoms with E-state index < -0.39 is 10.0 Å². The van der Waals surface area contributed by atoms with Crippen molar-refractivity contribution >= 4 is 21.4 Å². The van der Waals surface area contributed by atoms with Gasteiger partial charge in [0.05, 0.1) is 24.9 Å². The fourth-order valence-corrected chi connectivity index (χ4v) is 4.74. The van der Waals surface area contributed by atoms with Crippen molar-refractivity contribution in [2.45, 2.75) is 31.5 Å². The predicted molar refractivity (Wildman–Crippen MR) is 81.6 cm³/mol. The molecule has 0 radical (unpaired) electrons. The summed E-state index contributed by atoms with van der Waals surface area (Å²) in [4.78, 5) is 6.61. The van der Waals surface area contributed by atoms with Gasteiger partial charge in [0.15, 0.2) is 0 Å². The summed E-state index contributed by atoms with van der Waals surface area (Å²) in [6.45, 7) is 3.14. The second-order valence-corrected chi connectivity index (χ2v) is 8.61. The van der Waals surface area contributed by atoms with Crippen molar-refractivity contribution in [1.82, 2.24) is 14.6 Å². The molecule has 0 unspecified atom stereocenters. The summed E-state index contributed by atoms with van der Waals surface area (Å²) in [6, 6.07) is -0.168. The van der Waals surface area contributed by atoms with E-state index in [0.29, 0.717) is 12.5 Å². The summed E-state index contributed by atoms with van der Waals surface area (Å²) >= 11 is 1.64. The quantitative estimate of drug-likeness (QED) is 0.878. The summed E-state index contributed by atoms with van der Waals surface area (Å²) in [5.74, 6) is 0.395. The van der Waals surface area contributed by atoms with Crippen molar-refractivity contribution in [3.05, 3.63) is 16.6 Å². The molecule has 0 saturated carbocycles. The zero-order valence-electron chi connectivity index (χ0n) is 12.1. The van der Waals surface area contributed by atoms with Crippen LogP contribution >= 0.6 is 11.3 Å². The molecule has 1 aromatic rings. The second-order valence-electron chi connectivity index (χ2n) is 5.85. The molecule has 6 nitrogen and oxygen atoms in total. The molecule has 118 valence electrons. The number of sulfonamides is 1. The lowest BCUT2D eigenvalue weighted by atomic mass is 9.86. The third-order valence-corrected chi connectivity index (χ3v) is 5.54. The number of likely N-dealkylation sites (tertiary alicyclic amines) is 1. The van der Waals surface area contributed by atoms with Crippen molar-refractivity contribution in [1.29, 1.82) is 0 Å². The SMILES string of the molecule is CS(=O)(=O)N[C@@H]1CN(Cc2nccs2)C[C@@H]2CCCO[C@@H]21. The van der Waals surface area contributed by atoms with E-state index in [0.717, 1.165) is 37.5 Å². The number of fused-ring (bicyclic) bond motifs is 1. The highest BCUT2D eigenvalue weighted by atomic mass is 32.2. The first-order chi connectivity index (χ1) is 10.0. The molecule has 2 saturated heterocycles. The number of nitrogens with one attached hydrogen (secondary N) is 1. The molecule has 3 atom stereocenters. The molecule has 0 amide bonds. The molecule has 0 spiro atoms. The fourth-order valence-electron chi connectivity index (χ4n) is 3.32. The van der Waals surface area contributed by atoms with Gasteiger partial charge in [-0.15, -0.1) is 11.3 Å². The molecule has 3 rings (SSSR count). The molecule has 0 aliphatic carbocycles. The van der Waals surface area contributed by atoms with Crippen molar-refractivity contribution < 1.29 is 13.2 Å². The maximum Gasteiger partial charge on any atom is 0.209 e. The van der Waals surface area contributed by atoms with Crippen LogP contribution in [0.3, 0.4) is 0 Å². The van der Waals surface area contributed by atoms with E-state index in [1.807, 2.05) is 11.6 Å². The van der Waals surface area contributed by atoms with Gasteiger partial charge in [-0.05, 0) is 18.8 Å². The summed E-state index contributed by atoms with van der Waals surface area (Å²) in [6.07, 6.45) is 5.17. The van der Waals surface area contributed by atoms with Gasteiger partial charge in [-0.1, -0.05) is 0 Å². The monoisotopic (exact) mass is 331 g/mol. The molecule has 2 aliphatic rings. The minimum absolute atomic E-state index is 0.000944. The lowest BCUT2D eigenvalue weighted by molar-refractivity contribution is -0.0823. The van der Waals surface area contributed by atoms with E-state index in [1.54, 1.807) is 11.3 Å². The molecule has 21 heavy (non-hydrogen) atoms. The van der Waals surface area contributed by atoms with E-state index in [1.165, 1.54) is 6.26 Å². The molecule has 8 heteroatoms. The molecule has 2 aliphatic heterocycles. The van der Waals surface area contributed by atoms with E-state index in [-0.39, 0.29) is 12.1 Å². The second kappa shape index (κ2) is 6.29. The van der Waals surface area contributed by atoms with E-state index >= 15 is 0 Å². The largest absolute Gasteiger partial charge is 0.376 e. The van der Waals surface area contributed by atoms with E-state index in [9.17, 15) is 8.42 Å². The number of rotatable bonds is 4. The minimum atomic E-state index is -3.23. The van der Waals surface area contributed by atoms with Crippen molar-refractivity contribution in [3.8, 4) is 0 Å². The summed E-state index contributed by atoms with van der Waals surface area (Å²) < 4.78 is 31.8. The summed E-state index contributed by atoms with van der Waals surface area (Å²) in [5.41, 5.74) is 0. The van der Waals surface area contributed by atoms with Gasteiger partial charge in [0.1, 0.15) is 5.01 Å². The van der Waals surface area contributed by atoms with Gasteiger partial charge in [-0.25, -0.2) is 18.1 Å². The smallest absolute Gasteiger partial charge is 0.209 e. The van der Waals surface area contributed by atoms with Crippen LogP contribution in [0.2, 0.25) is 0 Å². The van der Waals surface area contributed by atoms with Crippen LogP contribution in [0.15, 0.2) is 11.6 Å². The number of piperidine rings is 1. The standard InChI is InChI=1S/C13H21N3O3S2/c1-21(17,18)15-11-8-16(9-12-14-4-6-20-12)7-10-3-2-5-19-13(10)11/h4,6,10-11,13,15H,2-3,5,7-9H2,1H3/t10-,11+,13-/m0/s1. The van der Waals surface area contributed by atoms with E-state index in [2.05, 4.69) is 14.6 Å². The Morgan fingerprint density at radius 1 is 1.52 bits per heavy atom. The number of hydrogen-bond donors (Lipinski definition) is 1. The highest BCUT2D eigenvalue weighted by Gasteiger charge is 2.40. The Kier molecular flexibility index (Phi) is 4.60. The minimum Gasteiger partial charge on any atom is -0.376 e. The Labute approximate surface area is 129 Å². The molecular weight excluding hydrogens is 310 g/mol. The summed E-state index contributed by atoms with van der Waals surface area (Å²) in [5, 5.41) is 3.04. The average Bonchev–Trinajstić information content (AvgIpc) is 2.90. The summed E-state index contributed by atoms with van der Waals surface area (Å²) in [7, 11) is -3.23. The van der Waals surface area contributed by atoms with Crippen LogP contribution in [-0.4, -0.2) is 56.4 Å². The number of thiazole rings is 1. The lowest BCUT2D eigenvalue weighted by Gasteiger charge is -2.45. The van der Waals surface area contributed by atoms with Gasteiger partial charge < -0.3 is 4.74 Å². The Morgan fingerprint density at radius 3 is 3.10 bits per heavy atom. The highest BCUT2D eigenvalue weighted by molar-refractivity contribution is 7.88. The maximum atomic E-state index is 11.6. The maximum absolute atomic E-state index is 11.6.